The lowest BCUT2D eigenvalue weighted by molar-refractivity contribution is -0.368. The standard InChI is InChI=1S/C26H41NO9/c1-28-12-6-9-27-10-13-30-15-17-32-23-22-21(19-34-25(36-22)20-7-4-3-5-8-20)35-26(29-2)24(23)33-18-16-31-14-11-27/h3-5,7-8,21-26H,6,9-19H2,1-2H3/t21-,22-,23+,24+,25-,26+/m1/s1. The first kappa shape index (κ1) is 27.8. The van der Waals surface area contributed by atoms with Crippen molar-refractivity contribution in [1.29, 1.82) is 0 Å². The number of hydrogen-bond acceptors (Lipinski definition) is 10. The van der Waals surface area contributed by atoms with Crippen LogP contribution in [0.25, 0.3) is 0 Å². The molecule has 0 radical (unpaired) electrons. The normalized spacial score (nSPS) is 33.6. The summed E-state index contributed by atoms with van der Waals surface area (Å²) >= 11 is 0. The van der Waals surface area contributed by atoms with Gasteiger partial charge in [-0.05, 0) is 6.42 Å². The molecule has 0 aliphatic carbocycles. The zero-order chi connectivity index (χ0) is 25.0. The van der Waals surface area contributed by atoms with Gasteiger partial charge in [0.1, 0.15) is 24.4 Å². The predicted molar refractivity (Wildman–Crippen MR) is 130 cm³/mol. The molecule has 3 aliphatic rings. The van der Waals surface area contributed by atoms with Crippen LogP contribution in [-0.2, 0) is 42.6 Å². The van der Waals surface area contributed by atoms with E-state index in [-0.39, 0.29) is 12.2 Å². The molecular formula is C26H41NO9. The van der Waals surface area contributed by atoms with Crippen LogP contribution in [0.15, 0.2) is 30.3 Å². The Morgan fingerprint density at radius 1 is 0.806 bits per heavy atom. The summed E-state index contributed by atoms with van der Waals surface area (Å²) in [6, 6.07) is 9.88. The van der Waals surface area contributed by atoms with Gasteiger partial charge >= 0.3 is 0 Å². The lowest BCUT2D eigenvalue weighted by atomic mass is 9.97. The molecular weight excluding hydrogens is 470 g/mol. The van der Waals surface area contributed by atoms with E-state index in [2.05, 4.69) is 4.90 Å². The number of hydrogen-bond donors (Lipinski definition) is 0. The summed E-state index contributed by atoms with van der Waals surface area (Å²) in [5.41, 5.74) is 0.950. The van der Waals surface area contributed by atoms with E-state index in [0.29, 0.717) is 46.2 Å². The first-order chi connectivity index (χ1) is 17.8. The van der Waals surface area contributed by atoms with Gasteiger partial charge in [0.25, 0.3) is 0 Å². The Labute approximate surface area is 213 Å². The zero-order valence-electron chi connectivity index (χ0n) is 21.5. The van der Waals surface area contributed by atoms with Crippen molar-refractivity contribution >= 4 is 0 Å². The van der Waals surface area contributed by atoms with Crippen LogP contribution in [-0.4, -0.2) is 122 Å². The van der Waals surface area contributed by atoms with Gasteiger partial charge in [0.05, 0.1) is 46.2 Å². The maximum absolute atomic E-state index is 6.39. The summed E-state index contributed by atoms with van der Waals surface area (Å²) in [7, 11) is 3.33. The first-order valence-corrected chi connectivity index (χ1v) is 12.9. The molecule has 0 N–H and O–H groups in total. The third kappa shape index (κ3) is 7.91. The van der Waals surface area contributed by atoms with E-state index in [1.54, 1.807) is 14.2 Å². The van der Waals surface area contributed by atoms with Gasteiger partial charge in [-0.3, -0.25) is 4.90 Å². The molecule has 3 fully saturated rings. The van der Waals surface area contributed by atoms with Crippen molar-refractivity contribution in [1.82, 2.24) is 4.90 Å². The van der Waals surface area contributed by atoms with Gasteiger partial charge < -0.3 is 42.6 Å². The van der Waals surface area contributed by atoms with E-state index in [1.165, 1.54) is 0 Å². The van der Waals surface area contributed by atoms with Crippen LogP contribution in [0.2, 0.25) is 0 Å². The molecule has 0 unspecified atom stereocenters. The van der Waals surface area contributed by atoms with E-state index in [9.17, 15) is 0 Å². The molecule has 36 heavy (non-hydrogen) atoms. The topological polar surface area (TPSA) is 86.3 Å². The molecule has 6 atom stereocenters. The number of fused-ring (bicyclic) bond motifs is 3. The van der Waals surface area contributed by atoms with Crippen LogP contribution >= 0.6 is 0 Å². The van der Waals surface area contributed by atoms with Crippen molar-refractivity contribution in [3.05, 3.63) is 35.9 Å². The molecule has 0 aromatic heterocycles. The molecule has 0 saturated carbocycles. The van der Waals surface area contributed by atoms with Crippen LogP contribution in [0.1, 0.15) is 18.3 Å². The smallest absolute Gasteiger partial charge is 0.186 e. The number of rotatable bonds is 6. The molecule has 10 nitrogen and oxygen atoms in total. The third-order valence-electron chi connectivity index (χ3n) is 6.59. The predicted octanol–water partition coefficient (Wildman–Crippen LogP) is 1.63. The molecule has 3 aliphatic heterocycles. The van der Waals surface area contributed by atoms with E-state index in [1.807, 2.05) is 30.3 Å². The second kappa shape index (κ2) is 15.3. The lowest BCUT2D eigenvalue weighted by Gasteiger charge is -2.48. The molecule has 0 spiro atoms. The Balaban J connectivity index is 1.40. The van der Waals surface area contributed by atoms with Crippen LogP contribution in [0.4, 0.5) is 0 Å². The lowest BCUT2D eigenvalue weighted by Crippen LogP contribution is -2.63. The fourth-order valence-electron chi connectivity index (χ4n) is 4.73. The maximum atomic E-state index is 6.39. The highest BCUT2D eigenvalue weighted by Crippen LogP contribution is 2.36. The molecule has 0 amide bonds. The summed E-state index contributed by atoms with van der Waals surface area (Å²) < 4.78 is 53.7. The second-order valence-corrected chi connectivity index (χ2v) is 9.04. The van der Waals surface area contributed by atoms with Gasteiger partial charge in [-0.2, -0.15) is 0 Å². The average Bonchev–Trinajstić information content (AvgIpc) is 2.92. The average molecular weight is 512 g/mol. The van der Waals surface area contributed by atoms with Crippen molar-refractivity contribution < 1.29 is 42.6 Å². The van der Waals surface area contributed by atoms with Crippen molar-refractivity contribution in [2.24, 2.45) is 0 Å². The molecule has 0 bridgehead atoms. The highest BCUT2D eigenvalue weighted by molar-refractivity contribution is 5.16. The molecule has 10 heteroatoms. The van der Waals surface area contributed by atoms with Crippen molar-refractivity contribution in [2.75, 3.05) is 86.7 Å². The van der Waals surface area contributed by atoms with Gasteiger partial charge in [0.2, 0.25) is 0 Å². The van der Waals surface area contributed by atoms with Gasteiger partial charge in [-0.1, -0.05) is 30.3 Å². The molecule has 4 rings (SSSR count). The Kier molecular flexibility index (Phi) is 11.8. The minimum absolute atomic E-state index is 0.334. The molecule has 1 aromatic carbocycles. The minimum Gasteiger partial charge on any atom is -0.385 e. The molecule has 204 valence electrons. The maximum Gasteiger partial charge on any atom is 0.186 e. The Bertz CT molecular complexity index is 727. The number of nitrogens with zero attached hydrogens (tertiary/aromatic N) is 1. The quantitative estimate of drug-likeness (QED) is 0.525. The minimum atomic E-state index is -0.607. The number of benzene rings is 1. The Hall–Kier alpha value is -1.18. The Morgan fingerprint density at radius 2 is 1.53 bits per heavy atom. The van der Waals surface area contributed by atoms with Crippen LogP contribution in [0.5, 0.6) is 0 Å². The van der Waals surface area contributed by atoms with Gasteiger partial charge in [-0.15, -0.1) is 0 Å². The fraction of sp³-hybridized carbons (Fsp3) is 0.769. The Morgan fingerprint density at radius 3 is 2.22 bits per heavy atom. The second-order valence-electron chi connectivity index (χ2n) is 9.04. The van der Waals surface area contributed by atoms with Crippen LogP contribution < -0.4 is 0 Å². The van der Waals surface area contributed by atoms with E-state index >= 15 is 0 Å². The van der Waals surface area contributed by atoms with Crippen molar-refractivity contribution in [2.45, 2.75) is 43.4 Å². The highest BCUT2D eigenvalue weighted by atomic mass is 16.8. The van der Waals surface area contributed by atoms with Crippen LogP contribution in [0, 0.1) is 0 Å². The van der Waals surface area contributed by atoms with E-state index < -0.39 is 24.8 Å². The van der Waals surface area contributed by atoms with Gasteiger partial charge in [0, 0.05) is 46.0 Å². The molecule has 3 saturated heterocycles. The molecule has 1 aromatic rings. The number of ether oxygens (including phenoxy) is 9. The van der Waals surface area contributed by atoms with E-state index in [4.69, 9.17) is 42.6 Å². The first-order valence-electron chi connectivity index (χ1n) is 12.9. The largest absolute Gasteiger partial charge is 0.385 e. The summed E-state index contributed by atoms with van der Waals surface area (Å²) in [4.78, 5) is 2.33. The van der Waals surface area contributed by atoms with E-state index in [0.717, 1.165) is 38.2 Å². The van der Waals surface area contributed by atoms with Gasteiger partial charge in [0.15, 0.2) is 12.6 Å². The highest BCUT2D eigenvalue weighted by Gasteiger charge is 2.51. The molecule has 3 heterocycles. The summed E-state index contributed by atoms with van der Waals surface area (Å²) in [5, 5.41) is 0. The van der Waals surface area contributed by atoms with Crippen LogP contribution in [0.3, 0.4) is 0 Å². The monoisotopic (exact) mass is 511 g/mol. The summed E-state index contributed by atoms with van der Waals surface area (Å²) in [6.07, 6.45) is -1.74. The zero-order valence-corrected chi connectivity index (χ0v) is 21.5. The summed E-state index contributed by atoms with van der Waals surface area (Å²) in [5.74, 6) is 0. The number of methoxy groups -OCH3 is 2. The summed E-state index contributed by atoms with van der Waals surface area (Å²) in [6.45, 7) is 6.70. The SMILES string of the molecule is COCCCN1CCOCCO[C@@H]2[C@H](OCCOCC1)[C@@H](OC)O[C@@H]1CO[C@@H](c3ccccc3)O[C@@H]21. The third-order valence-corrected chi connectivity index (χ3v) is 6.59. The fourth-order valence-corrected chi connectivity index (χ4v) is 4.73. The van der Waals surface area contributed by atoms with Crippen molar-refractivity contribution in [3.8, 4) is 0 Å². The van der Waals surface area contributed by atoms with Gasteiger partial charge in [-0.25, -0.2) is 0 Å². The van der Waals surface area contributed by atoms with Crippen molar-refractivity contribution in [3.63, 3.8) is 0 Å².